The van der Waals surface area contributed by atoms with E-state index in [1.165, 1.54) is 18.3 Å². The van der Waals surface area contributed by atoms with Crippen LogP contribution in [0.1, 0.15) is 38.8 Å². The molecule has 3 N–H and O–H groups in total. The second kappa shape index (κ2) is 11.5. The summed E-state index contributed by atoms with van der Waals surface area (Å²) in [5, 5.41) is 6.00. The topological polar surface area (TPSA) is 160 Å². The molecule has 0 spiro atoms. The first-order valence-corrected chi connectivity index (χ1v) is 15.8. The molecule has 6 aromatic rings. The number of fused-ring (bicyclic) bond motifs is 2. The summed E-state index contributed by atoms with van der Waals surface area (Å²) in [6, 6.07) is 18.2. The fraction of sp³-hybridized carbons (Fsp3) is 0.167. The van der Waals surface area contributed by atoms with Gasteiger partial charge in [0, 0.05) is 17.6 Å². The number of thiophene rings is 1. The Morgan fingerprint density at radius 2 is 1.93 bits per heavy atom. The molecule has 0 unspecified atom stereocenters. The number of sulfonamides is 1. The van der Waals surface area contributed by atoms with Crippen molar-refractivity contribution in [3.63, 3.8) is 0 Å². The first-order chi connectivity index (χ1) is 20.7. The predicted octanol–water partition coefficient (Wildman–Crippen LogP) is 4.91. The highest BCUT2D eigenvalue weighted by atomic mass is 32.2. The standard InChI is InChI=1S/C30H26N4O7S2/c1-18-27(41-30(36)40-18)15-39-29(35)26-12-21-6-7-23(13-31)32-28(21)34(26)14-22-11-24(10-20-4-2-3-5-25(20)22)33-43(37,38)17-19-8-9-42-16-19/h2-12,16,33H,13-15,17,31H2,1H3. The number of carbonyl (C=O) groups excluding carboxylic acids is 1. The van der Waals surface area contributed by atoms with Gasteiger partial charge in [-0.25, -0.2) is 23.0 Å². The lowest BCUT2D eigenvalue weighted by atomic mass is 10.0. The molecule has 0 atom stereocenters. The lowest BCUT2D eigenvalue weighted by Gasteiger charge is -2.15. The molecule has 0 aliphatic heterocycles. The largest absolute Gasteiger partial charge is 0.519 e. The zero-order chi connectivity index (χ0) is 30.1. The summed E-state index contributed by atoms with van der Waals surface area (Å²) in [7, 11) is -3.70. The van der Waals surface area contributed by atoms with Crippen LogP contribution >= 0.6 is 11.3 Å². The van der Waals surface area contributed by atoms with Gasteiger partial charge >= 0.3 is 11.8 Å². The molecule has 11 nitrogen and oxygen atoms in total. The van der Waals surface area contributed by atoms with Gasteiger partial charge in [-0.1, -0.05) is 24.3 Å². The summed E-state index contributed by atoms with van der Waals surface area (Å²) >= 11 is 1.43. The van der Waals surface area contributed by atoms with Crippen molar-refractivity contribution in [3.05, 3.63) is 116 Å². The van der Waals surface area contributed by atoms with E-state index in [9.17, 15) is 18.0 Å². The van der Waals surface area contributed by atoms with Gasteiger partial charge < -0.3 is 23.9 Å². The van der Waals surface area contributed by atoms with E-state index in [0.717, 1.165) is 16.3 Å². The molecule has 43 heavy (non-hydrogen) atoms. The van der Waals surface area contributed by atoms with Gasteiger partial charge in [0.2, 0.25) is 10.0 Å². The number of anilines is 1. The van der Waals surface area contributed by atoms with Gasteiger partial charge in [0.25, 0.3) is 0 Å². The molecule has 13 heteroatoms. The van der Waals surface area contributed by atoms with Crippen LogP contribution in [0, 0.1) is 6.92 Å². The van der Waals surface area contributed by atoms with Crippen molar-refractivity contribution in [3.8, 4) is 0 Å². The Balaban J connectivity index is 1.40. The maximum Gasteiger partial charge on any atom is 0.519 e. The number of benzene rings is 2. The minimum atomic E-state index is -3.70. The molecule has 4 aromatic heterocycles. The van der Waals surface area contributed by atoms with Crippen molar-refractivity contribution < 1.29 is 26.8 Å². The van der Waals surface area contributed by atoms with E-state index in [1.807, 2.05) is 35.7 Å². The van der Waals surface area contributed by atoms with Crippen molar-refractivity contribution >= 4 is 54.8 Å². The average Bonchev–Trinajstić information content (AvgIpc) is 3.69. The van der Waals surface area contributed by atoms with Gasteiger partial charge in [-0.05, 0) is 76.0 Å². The zero-order valence-electron chi connectivity index (χ0n) is 22.9. The van der Waals surface area contributed by atoms with Gasteiger partial charge in [0.15, 0.2) is 18.1 Å². The molecule has 0 saturated carbocycles. The number of aromatic nitrogens is 2. The maximum atomic E-state index is 13.4. The van der Waals surface area contributed by atoms with Gasteiger partial charge in [-0.15, -0.1) is 0 Å². The van der Waals surface area contributed by atoms with Crippen LogP contribution in [0.25, 0.3) is 21.8 Å². The fourth-order valence-electron chi connectivity index (χ4n) is 4.88. The first kappa shape index (κ1) is 28.4. The lowest BCUT2D eigenvalue weighted by molar-refractivity contribution is 0.0431. The zero-order valence-corrected chi connectivity index (χ0v) is 24.5. The fourth-order valence-corrected chi connectivity index (χ4v) is 6.82. The summed E-state index contributed by atoms with van der Waals surface area (Å²) < 4.78 is 45.7. The van der Waals surface area contributed by atoms with Gasteiger partial charge in [0.1, 0.15) is 11.3 Å². The highest BCUT2D eigenvalue weighted by molar-refractivity contribution is 7.91. The number of carbonyl (C=O) groups is 1. The Morgan fingerprint density at radius 3 is 2.67 bits per heavy atom. The number of pyridine rings is 1. The molecule has 0 saturated heterocycles. The van der Waals surface area contributed by atoms with Crippen LogP contribution in [-0.2, 0) is 40.2 Å². The monoisotopic (exact) mass is 618 g/mol. The van der Waals surface area contributed by atoms with E-state index in [2.05, 4.69) is 9.71 Å². The number of nitrogens with two attached hydrogens (primary N) is 1. The summed E-state index contributed by atoms with van der Waals surface area (Å²) in [4.78, 5) is 29.5. The number of rotatable bonds is 10. The van der Waals surface area contributed by atoms with E-state index in [4.69, 9.17) is 19.3 Å². The molecule has 0 bridgehead atoms. The molecule has 220 valence electrons. The van der Waals surface area contributed by atoms with Crippen LogP contribution in [0.5, 0.6) is 0 Å². The van der Waals surface area contributed by atoms with E-state index in [0.29, 0.717) is 28.0 Å². The number of esters is 1. The summed E-state index contributed by atoms with van der Waals surface area (Å²) in [5.41, 5.74) is 9.04. The van der Waals surface area contributed by atoms with Crippen LogP contribution in [-0.4, -0.2) is 23.9 Å². The Labute approximate surface area is 249 Å². The van der Waals surface area contributed by atoms with Crippen LogP contribution < -0.4 is 16.3 Å². The van der Waals surface area contributed by atoms with Gasteiger partial charge in [-0.2, -0.15) is 11.3 Å². The first-order valence-electron chi connectivity index (χ1n) is 13.2. The van der Waals surface area contributed by atoms with Crippen LogP contribution in [0.2, 0.25) is 0 Å². The van der Waals surface area contributed by atoms with E-state index in [1.54, 1.807) is 40.3 Å². The van der Waals surface area contributed by atoms with Crippen molar-refractivity contribution in [2.24, 2.45) is 5.73 Å². The summed E-state index contributed by atoms with van der Waals surface area (Å²) in [6.07, 6.45) is 0. The number of aryl methyl sites for hydroxylation is 1. The Hall–Kier alpha value is -4.72. The molecule has 0 aliphatic carbocycles. The number of nitrogens with one attached hydrogen (secondary N) is 1. The van der Waals surface area contributed by atoms with Crippen molar-refractivity contribution in [2.75, 3.05) is 4.72 Å². The number of nitrogens with zero attached hydrogens (tertiary/aromatic N) is 2. The number of hydrogen-bond donors (Lipinski definition) is 2. The quantitative estimate of drug-likeness (QED) is 0.203. The average molecular weight is 619 g/mol. The molecule has 0 fully saturated rings. The Kier molecular flexibility index (Phi) is 7.61. The van der Waals surface area contributed by atoms with E-state index >= 15 is 0 Å². The highest BCUT2D eigenvalue weighted by Gasteiger charge is 2.22. The number of ether oxygens (including phenoxy) is 1. The molecule has 0 radical (unpaired) electrons. The van der Waals surface area contributed by atoms with E-state index in [-0.39, 0.29) is 42.7 Å². The lowest BCUT2D eigenvalue weighted by Crippen LogP contribution is -2.16. The number of hydrogen-bond acceptors (Lipinski definition) is 10. The van der Waals surface area contributed by atoms with Gasteiger partial charge in [0.05, 0.1) is 18.0 Å². The normalized spacial score (nSPS) is 11.8. The maximum absolute atomic E-state index is 13.4. The smallest absolute Gasteiger partial charge is 0.453 e. The molecule has 0 aliphatic rings. The SMILES string of the molecule is Cc1oc(=O)oc1COC(=O)c1cc2ccc(CN)nc2n1Cc1cc(NS(=O)(=O)Cc2ccsc2)cc2ccccc12. The summed E-state index contributed by atoms with van der Waals surface area (Å²) in [5.74, 6) is -1.38. The Morgan fingerprint density at radius 1 is 1.09 bits per heavy atom. The summed E-state index contributed by atoms with van der Waals surface area (Å²) in [6.45, 7) is 1.60. The molecular weight excluding hydrogens is 592 g/mol. The van der Waals surface area contributed by atoms with Crippen molar-refractivity contribution in [1.29, 1.82) is 0 Å². The molecule has 0 amide bonds. The second-order valence-corrected chi connectivity index (χ2v) is 12.4. The molecule has 4 heterocycles. The van der Waals surface area contributed by atoms with E-state index < -0.39 is 21.8 Å². The minimum Gasteiger partial charge on any atom is -0.453 e. The van der Waals surface area contributed by atoms with Gasteiger partial charge in [-0.3, -0.25) is 4.72 Å². The van der Waals surface area contributed by atoms with Crippen LogP contribution in [0.4, 0.5) is 5.69 Å². The Bertz CT molecular complexity index is 2130. The third kappa shape index (κ3) is 6.09. The third-order valence-corrected chi connectivity index (χ3v) is 8.87. The van der Waals surface area contributed by atoms with Crippen molar-refractivity contribution in [2.45, 2.75) is 32.4 Å². The van der Waals surface area contributed by atoms with Crippen LogP contribution in [0.15, 0.2) is 85.1 Å². The molecule has 2 aromatic carbocycles. The minimum absolute atomic E-state index is 0.109. The molecular formula is C30H26N4O7S2. The second-order valence-electron chi connectivity index (χ2n) is 9.89. The van der Waals surface area contributed by atoms with Crippen molar-refractivity contribution in [1.82, 2.24) is 9.55 Å². The highest BCUT2D eigenvalue weighted by Crippen LogP contribution is 2.29. The third-order valence-electron chi connectivity index (χ3n) is 6.88. The van der Waals surface area contributed by atoms with Crippen LogP contribution in [0.3, 0.4) is 0 Å². The predicted molar refractivity (Wildman–Crippen MR) is 162 cm³/mol. The molecule has 6 rings (SSSR count).